The molecule has 0 radical (unpaired) electrons. The summed E-state index contributed by atoms with van der Waals surface area (Å²) in [7, 11) is 0. The first kappa shape index (κ1) is 30.6. The van der Waals surface area contributed by atoms with Gasteiger partial charge in [-0.3, -0.25) is 0 Å². The van der Waals surface area contributed by atoms with Crippen molar-refractivity contribution in [1.29, 1.82) is 0 Å². The molecular formula is C30H38O8. The van der Waals surface area contributed by atoms with Gasteiger partial charge in [-0.05, 0) is 54.2 Å². The molecule has 8 heteroatoms. The molecular weight excluding hydrogens is 488 g/mol. The lowest BCUT2D eigenvalue weighted by atomic mass is 9.96. The number of hydrogen-bond acceptors (Lipinski definition) is 8. The van der Waals surface area contributed by atoms with Gasteiger partial charge in [0.2, 0.25) is 0 Å². The molecule has 0 heterocycles. The first-order valence-electron chi connectivity index (χ1n) is 12.7. The van der Waals surface area contributed by atoms with Crippen molar-refractivity contribution >= 4 is 11.9 Å². The van der Waals surface area contributed by atoms with Crippen molar-refractivity contribution in [2.24, 2.45) is 0 Å². The standard InChI is InChI=1S/C30H38O8/c1-5-6-7-8-24-9-10-25(15-21(24)2)26-16-27(35-11-13-37-29(33)22(3)19-31)18-28(17-26)36-12-14-38-30(34)23(4)20-32/h9-10,15-18,31-32H,3-8,11-14,19-20H2,1-2H3. The molecule has 38 heavy (non-hydrogen) atoms. The van der Waals surface area contributed by atoms with Gasteiger partial charge in [-0.25, -0.2) is 9.59 Å². The molecule has 0 aromatic heterocycles. The predicted molar refractivity (Wildman–Crippen MR) is 145 cm³/mol. The quantitative estimate of drug-likeness (QED) is 0.178. The van der Waals surface area contributed by atoms with Crippen molar-refractivity contribution in [1.82, 2.24) is 0 Å². The van der Waals surface area contributed by atoms with E-state index in [1.54, 1.807) is 6.07 Å². The average molecular weight is 527 g/mol. The Morgan fingerprint density at radius 2 is 1.32 bits per heavy atom. The fraction of sp³-hybridized carbons (Fsp3) is 0.400. The van der Waals surface area contributed by atoms with E-state index in [4.69, 9.17) is 29.2 Å². The molecule has 206 valence electrons. The van der Waals surface area contributed by atoms with Crippen molar-refractivity contribution in [3.05, 3.63) is 71.8 Å². The zero-order chi connectivity index (χ0) is 27.9. The third kappa shape index (κ3) is 10.0. The fourth-order valence-corrected chi connectivity index (χ4v) is 3.55. The third-order valence-electron chi connectivity index (χ3n) is 5.74. The number of ether oxygens (including phenoxy) is 4. The molecule has 0 aliphatic rings. The average Bonchev–Trinajstić information content (AvgIpc) is 2.93. The van der Waals surface area contributed by atoms with E-state index < -0.39 is 25.2 Å². The monoisotopic (exact) mass is 526 g/mol. The summed E-state index contributed by atoms with van der Waals surface area (Å²) in [5.74, 6) is -0.349. The van der Waals surface area contributed by atoms with Gasteiger partial charge in [0.25, 0.3) is 0 Å². The number of unbranched alkanes of at least 4 members (excludes halogenated alkanes) is 2. The summed E-state index contributed by atoms with van der Waals surface area (Å²) in [6, 6.07) is 11.8. The Hall–Kier alpha value is -3.62. The number of aryl methyl sites for hydroxylation is 2. The Labute approximate surface area is 224 Å². The first-order chi connectivity index (χ1) is 18.3. The highest BCUT2D eigenvalue weighted by Gasteiger charge is 2.11. The number of rotatable bonds is 17. The third-order valence-corrected chi connectivity index (χ3v) is 5.74. The van der Waals surface area contributed by atoms with E-state index in [2.05, 4.69) is 45.2 Å². The molecule has 0 aliphatic carbocycles. The summed E-state index contributed by atoms with van der Waals surface area (Å²) in [6.45, 7) is 10.4. The van der Waals surface area contributed by atoms with Crippen LogP contribution in [0.5, 0.6) is 11.5 Å². The van der Waals surface area contributed by atoms with Gasteiger partial charge in [-0.15, -0.1) is 0 Å². The molecule has 0 atom stereocenters. The largest absolute Gasteiger partial charge is 0.490 e. The van der Waals surface area contributed by atoms with Crippen LogP contribution < -0.4 is 9.47 Å². The Morgan fingerprint density at radius 3 is 1.79 bits per heavy atom. The van der Waals surface area contributed by atoms with E-state index in [9.17, 15) is 9.59 Å². The Bertz CT molecular complexity index is 1050. The smallest absolute Gasteiger partial charge is 0.335 e. The molecule has 0 aliphatic heterocycles. The van der Waals surface area contributed by atoms with Crippen molar-refractivity contribution in [2.45, 2.75) is 39.5 Å². The summed E-state index contributed by atoms with van der Waals surface area (Å²) in [5.41, 5.74) is 4.34. The maximum Gasteiger partial charge on any atom is 0.335 e. The van der Waals surface area contributed by atoms with Gasteiger partial charge in [0.15, 0.2) is 0 Å². The zero-order valence-corrected chi connectivity index (χ0v) is 22.3. The van der Waals surface area contributed by atoms with Crippen LogP contribution in [0.4, 0.5) is 0 Å². The first-order valence-corrected chi connectivity index (χ1v) is 12.7. The van der Waals surface area contributed by atoms with Gasteiger partial charge in [0.05, 0.1) is 24.4 Å². The maximum atomic E-state index is 11.7. The van der Waals surface area contributed by atoms with Gasteiger partial charge in [-0.2, -0.15) is 0 Å². The van der Waals surface area contributed by atoms with Crippen LogP contribution in [0.25, 0.3) is 11.1 Å². The molecule has 2 rings (SSSR count). The summed E-state index contributed by atoms with van der Waals surface area (Å²) in [5, 5.41) is 17.9. The highest BCUT2D eigenvalue weighted by Crippen LogP contribution is 2.31. The van der Waals surface area contributed by atoms with Crippen LogP contribution in [-0.4, -0.2) is 61.8 Å². The molecule has 2 N–H and O–H groups in total. The molecule has 0 saturated carbocycles. The predicted octanol–water partition coefficient (Wildman–Crippen LogP) is 4.34. The highest BCUT2D eigenvalue weighted by molar-refractivity contribution is 5.88. The number of aliphatic hydroxyl groups excluding tert-OH is 2. The number of benzene rings is 2. The van der Waals surface area contributed by atoms with Crippen LogP contribution in [0.2, 0.25) is 0 Å². The molecule has 0 saturated heterocycles. The van der Waals surface area contributed by atoms with Gasteiger partial charge in [0.1, 0.15) is 37.9 Å². The van der Waals surface area contributed by atoms with Crippen molar-refractivity contribution in [3.8, 4) is 22.6 Å². The van der Waals surface area contributed by atoms with E-state index >= 15 is 0 Å². The van der Waals surface area contributed by atoms with E-state index in [0.29, 0.717) is 11.5 Å². The Kier molecular flexibility index (Phi) is 13.1. The number of hydrogen-bond donors (Lipinski definition) is 2. The van der Waals surface area contributed by atoms with Crippen LogP contribution in [0.15, 0.2) is 60.7 Å². The van der Waals surface area contributed by atoms with E-state index in [1.807, 2.05) is 12.1 Å². The minimum absolute atomic E-state index is 0.0193. The van der Waals surface area contributed by atoms with E-state index in [-0.39, 0.29) is 37.6 Å². The molecule has 2 aromatic carbocycles. The second-order valence-corrected chi connectivity index (χ2v) is 8.78. The fourth-order valence-electron chi connectivity index (χ4n) is 3.55. The molecule has 0 amide bonds. The van der Waals surface area contributed by atoms with Gasteiger partial charge in [-0.1, -0.05) is 51.1 Å². The van der Waals surface area contributed by atoms with Gasteiger partial charge in [0, 0.05) is 6.07 Å². The molecule has 0 spiro atoms. The Balaban J connectivity index is 2.14. The lowest BCUT2D eigenvalue weighted by Gasteiger charge is -2.14. The maximum absolute atomic E-state index is 11.7. The van der Waals surface area contributed by atoms with Crippen molar-refractivity contribution in [2.75, 3.05) is 39.6 Å². The SMILES string of the molecule is C=C(CO)C(=O)OCCOc1cc(OCCOC(=O)C(=C)CO)cc(-c2ccc(CCCCC)c(C)c2)c1. The lowest BCUT2D eigenvalue weighted by molar-refractivity contribution is -0.141. The molecule has 0 fully saturated rings. The second kappa shape index (κ2) is 16.3. The van der Waals surface area contributed by atoms with Gasteiger partial charge < -0.3 is 29.2 Å². The molecule has 0 bridgehead atoms. The summed E-state index contributed by atoms with van der Waals surface area (Å²) in [6.07, 6.45) is 4.58. The normalized spacial score (nSPS) is 10.5. The van der Waals surface area contributed by atoms with Crippen molar-refractivity contribution < 1.29 is 38.7 Å². The van der Waals surface area contributed by atoms with Crippen molar-refractivity contribution in [3.63, 3.8) is 0 Å². The van der Waals surface area contributed by atoms with Crippen LogP contribution in [0.1, 0.15) is 37.3 Å². The van der Waals surface area contributed by atoms with Gasteiger partial charge >= 0.3 is 11.9 Å². The number of esters is 2. The van der Waals surface area contributed by atoms with E-state index in [1.165, 1.54) is 24.0 Å². The van der Waals surface area contributed by atoms with Crippen LogP contribution in [0.3, 0.4) is 0 Å². The number of carbonyl (C=O) groups excluding carboxylic acids is 2. The number of aliphatic hydroxyl groups is 2. The topological polar surface area (TPSA) is 112 Å². The molecule has 8 nitrogen and oxygen atoms in total. The molecule has 2 aromatic rings. The minimum atomic E-state index is -0.679. The van der Waals surface area contributed by atoms with Crippen LogP contribution >= 0.6 is 0 Å². The minimum Gasteiger partial charge on any atom is -0.490 e. The van der Waals surface area contributed by atoms with E-state index in [0.717, 1.165) is 24.0 Å². The lowest BCUT2D eigenvalue weighted by Crippen LogP contribution is -2.15. The summed E-state index contributed by atoms with van der Waals surface area (Å²) in [4.78, 5) is 23.3. The highest BCUT2D eigenvalue weighted by atomic mass is 16.6. The Morgan fingerprint density at radius 1 is 0.763 bits per heavy atom. The zero-order valence-electron chi connectivity index (χ0n) is 22.3. The molecule has 0 unspecified atom stereocenters. The second-order valence-electron chi connectivity index (χ2n) is 8.78. The number of carbonyl (C=O) groups is 2. The van der Waals surface area contributed by atoms with Crippen LogP contribution in [0, 0.1) is 6.92 Å². The van der Waals surface area contributed by atoms with Crippen LogP contribution in [-0.2, 0) is 25.5 Å². The summed E-state index contributed by atoms with van der Waals surface area (Å²) < 4.78 is 21.7. The summed E-state index contributed by atoms with van der Waals surface area (Å²) >= 11 is 0.